The number of hydrogen-bond donors (Lipinski definition) is 2. The predicted octanol–water partition coefficient (Wildman–Crippen LogP) is 3.03. The standard InChI is InChI=1S/C9H10Cl3NO/c10-6-2-1-5(7(13)3-4-14)8(11)9(6)12/h1-2,7,14H,3-4,13H2. The average Bonchev–Trinajstić information content (AvgIpc) is 2.15. The van der Waals surface area contributed by atoms with E-state index in [4.69, 9.17) is 45.6 Å². The highest BCUT2D eigenvalue weighted by atomic mass is 35.5. The van der Waals surface area contributed by atoms with Crippen LogP contribution in [0.25, 0.3) is 0 Å². The first kappa shape index (κ1) is 12.1. The van der Waals surface area contributed by atoms with Crippen molar-refractivity contribution in [1.29, 1.82) is 0 Å². The molecule has 1 aromatic rings. The lowest BCUT2D eigenvalue weighted by molar-refractivity contribution is 0.276. The van der Waals surface area contributed by atoms with Gasteiger partial charge in [-0.3, -0.25) is 0 Å². The third kappa shape index (κ3) is 2.53. The van der Waals surface area contributed by atoms with Crippen molar-refractivity contribution < 1.29 is 5.11 Å². The van der Waals surface area contributed by atoms with Gasteiger partial charge in [0.05, 0.1) is 15.1 Å². The van der Waals surface area contributed by atoms with Crippen molar-refractivity contribution in [3.8, 4) is 0 Å². The Balaban J connectivity index is 3.04. The Morgan fingerprint density at radius 1 is 1.21 bits per heavy atom. The van der Waals surface area contributed by atoms with Crippen LogP contribution < -0.4 is 5.73 Å². The van der Waals surface area contributed by atoms with Crippen molar-refractivity contribution in [3.63, 3.8) is 0 Å². The molecule has 14 heavy (non-hydrogen) atoms. The van der Waals surface area contributed by atoms with Crippen molar-refractivity contribution in [2.45, 2.75) is 12.5 Å². The molecule has 0 aliphatic heterocycles. The summed E-state index contributed by atoms with van der Waals surface area (Å²) < 4.78 is 0. The Labute approximate surface area is 97.6 Å². The molecule has 5 heteroatoms. The Hall–Kier alpha value is 0.01000. The summed E-state index contributed by atoms with van der Waals surface area (Å²) in [6.45, 7) is 0.0116. The van der Waals surface area contributed by atoms with Crippen LogP contribution in [-0.4, -0.2) is 11.7 Å². The molecule has 1 atom stereocenters. The SMILES string of the molecule is NC(CCO)c1ccc(Cl)c(Cl)c1Cl. The highest BCUT2D eigenvalue weighted by molar-refractivity contribution is 6.48. The summed E-state index contributed by atoms with van der Waals surface area (Å²) in [5.41, 5.74) is 6.48. The van der Waals surface area contributed by atoms with Gasteiger partial charge in [-0.25, -0.2) is 0 Å². The minimum absolute atomic E-state index is 0.0116. The fourth-order valence-corrected chi connectivity index (χ4v) is 1.80. The summed E-state index contributed by atoms with van der Waals surface area (Å²) in [7, 11) is 0. The molecular weight excluding hydrogens is 244 g/mol. The molecule has 0 aromatic heterocycles. The third-order valence-electron chi connectivity index (χ3n) is 1.90. The minimum atomic E-state index is -0.317. The molecule has 0 fully saturated rings. The maximum atomic E-state index is 8.73. The molecule has 0 aliphatic rings. The molecule has 0 amide bonds. The molecule has 78 valence electrons. The molecule has 0 saturated carbocycles. The molecule has 1 rings (SSSR count). The first-order valence-corrected chi connectivity index (χ1v) is 5.21. The van der Waals surface area contributed by atoms with Crippen molar-refractivity contribution in [3.05, 3.63) is 32.8 Å². The zero-order chi connectivity index (χ0) is 10.7. The van der Waals surface area contributed by atoms with Gasteiger partial charge in [-0.15, -0.1) is 0 Å². The number of rotatable bonds is 3. The highest BCUT2D eigenvalue weighted by Gasteiger charge is 2.13. The topological polar surface area (TPSA) is 46.2 Å². The van der Waals surface area contributed by atoms with Gasteiger partial charge in [0, 0.05) is 12.6 Å². The van der Waals surface area contributed by atoms with Crippen LogP contribution in [0.5, 0.6) is 0 Å². The van der Waals surface area contributed by atoms with Crippen LogP contribution in [0.2, 0.25) is 15.1 Å². The van der Waals surface area contributed by atoms with Gasteiger partial charge in [-0.1, -0.05) is 40.9 Å². The van der Waals surface area contributed by atoms with Gasteiger partial charge in [0.25, 0.3) is 0 Å². The second kappa shape index (κ2) is 5.19. The molecule has 0 radical (unpaired) electrons. The lowest BCUT2D eigenvalue weighted by Crippen LogP contribution is -2.12. The van der Waals surface area contributed by atoms with Crippen molar-refractivity contribution in [1.82, 2.24) is 0 Å². The van der Waals surface area contributed by atoms with Crippen LogP contribution in [0.15, 0.2) is 12.1 Å². The zero-order valence-corrected chi connectivity index (χ0v) is 9.57. The largest absolute Gasteiger partial charge is 0.396 e. The number of nitrogens with two attached hydrogens (primary N) is 1. The number of aliphatic hydroxyl groups excluding tert-OH is 1. The fourth-order valence-electron chi connectivity index (χ4n) is 1.12. The van der Waals surface area contributed by atoms with Gasteiger partial charge in [0.2, 0.25) is 0 Å². The van der Waals surface area contributed by atoms with Crippen LogP contribution >= 0.6 is 34.8 Å². The van der Waals surface area contributed by atoms with Crippen LogP contribution in [0.1, 0.15) is 18.0 Å². The maximum Gasteiger partial charge on any atom is 0.0781 e. The number of halogens is 3. The normalized spacial score (nSPS) is 12.9. The van der Waals surface area contributed by atoms with E-state index in [1.165, 1.54) is 0 Å². The summed E-state index contributed by atoms with van der Waals surface area (Å²) in [6.07, 6.45) is 0.442. The average molecular weight is 255 g/mol. The first-order valence-electron chi connectivity index (χ1n) is 4.07. The molecule has 3 N–H and O–H groups in total. The van der Waals surface area contributed by atoms with Gasteiger partial charge in [0.15, 0.2) is 0 Å². The van der Waals surface area contributed by atoms with E-state index in [0.29, 0.717) is 27.1 Å². The third-order valence-corrected chi connectivity index (χ3v) is 3.21. The lowest BCUT2D eigenvalue weighted by atomic mass is 10.1. The second-order valence-electron chi connectivity index (χ2n) is 2.88. The van der Waals surface area contributed by atoms with Gasteiger partial charge >= 0.3 is 0 Å². The summed E-state index contributed by atoms with van der Waals surface area (Å²) in [5.74, 6) is 0. The van der Waals surface area contributed by atoms with Gasteiger partial charge in [-0.05, 0) is 18.1 Å². The highest BCUT2D eigenvalue weighted by Crippen LogP contribution is 2.35. The van der Waals surface area contributed by atoms with Crippen LogP contribution in [0, 0.1) is 0 Å². The first-order chi connectivity index (χ1) is 6.57. The van der Waals surface area contributed by atoms with Crippen molar-refractivity contribution in [2.24, 2.45) is 5.73 Å². The van der Waals surface area contributed by atoms with E-state index in [1.54, 1.807) is 12.1 Å². The lowest BCUT2D eigenvalue weighted by Gasteiger charge is -2.13. The molecule has 0 bridgehead atoms. The van der Waals surface area contributed by atoms with Crippen LogP contribution in [-0.2, 0) is 0 Å². The van der Waals surface area contributed by atoms with E-state index in [2.05, 4.69) is 0 Å². The summed E-state index contributed by atoms with van der Waals surface area (Å²) in [4.78, 5) is 0. The molecule has 0 aliphatic carbocycles. The van der Waals surface area contributed by atoms with Crippen LogP contribution in [0.3, 0.4) is 0 Å². The molecule has 1 unspecified atom stereocenters. The zero-order valence-electron chi connectivity index (χ0n) is 7.30. The predicted molar refractivity (Wildman–Crippen MR) is 60.1 cm³/mol. The Kier molecular flexibility index (Phi) is 4.48. The van der Waals surface area contributed by atoms with Crippen LogP contribution in [0.4, 0.5) is 0 Å². The Bertz CT molecular complexity index is 330. The van der Waals surface area contributed by atoms with Gasteiger partial charge in [-0.2, -0.15) is 0 Å². The Morgan fingerprint density at radius 3 is 2.43 bits per heavy atom. The summed E-state index contributed by atoms with van der Waals surface area (Å²) in [6, 6.07) is 3.04. The maximum absolute atomic E-state index is 8.73. The second-order valence-corrected chi connectivity index (χ2v) is 4.05. The van der Waals surface area contributed by atoms with Gasteiger partial charge < -0.3 is 10.8 Å². The van der Waals surface area contributed by atoms with Crippen molar-refractivity contribution in [2.75, 3.05) is 6.61 Å². The summed E-state index contributed by atoms with van der Waals surface area (Å²) >= 11 is 17.6. The molecule has 0 saturated heterocycles. The number of aliphatic hydroxyl groups is 1. The number of benzene rings is 1. The van der Waals surface area contributed by atoms with E-state index >= 15 is 0 Å². The smallest absolute Gasteiger partial charge is 0.0781 e. The minimum Gasteiger partial charge on any atom is -0.396 e. The fraction of sp³-hybridized carbons (Fsp3) is 0.333. The molecule has 0 heterocycles. The van der Waals surface area contributed by atoms with E-state index in [0.717, 1.165) is 0 Å². The van der Waals surface area contributed by atoms with Crippen molar-refractivity contribution >= 4 is 34.8 Å². The quantitative estimate of drug-likeness (QED) is 0.815. The molecule has 1 aromatic carbocycles. The Morgan fingerprint density at radius 2 is 1.86 bits per heavy atom. The van der Waals surface area contributed by atoms with E-state index < -0.39 is 0 Å². The molecular formula is C9H10Cl3NO. The molecule has 2 nitrogen and oxygen atoms in total. The number of hydrogen-bond acceptors (Lipinski definition) is 2. The monoisotopic (exact) mass is 253 g/mol. The van der Waals surface area contributed by atoms with E-state index in [1.807, 2.05) is 0 Å². The van der Waals surface area contributed by atoms with E-state index in [9.17, 15) is 0 Å². The van der Waals surface area contributed by atoms with E-state index in [-0.39, 0.29) is 12.6 Å². The summed E-state index contributed by atoms with van der Waals surface area (Å²) in [5, 5.41) is 9.80. The molecule has 0 spiro atoms. The van der Waals surface area contributed by atoms with Gasteiger partial charge in [0.1, 0.15) is 0 Å².